The molecule has 1 aromatic heterocycles. The summed E-state index contributed by atoms with van der Waals surface area (Å²) in [5, 5.41) is 1.28. The van der Waals surface area contributed by atoms with E-state index in [9.17, 15) is 0 Å². The van der Waals surface area contributed by atoms with Gasteiger partial charge in [-0.15, -0.1) is 0 Å². The van der Waals surface area contributed by atoms with Crippen molar-refractivity contribution in [2.75, 3.05) is 19.0 Å². The molecule has 0 atom stereocenters. The summed E-state index contributed by atoms with van der Waals surface area (Å²) in [6.45, 7) is 0. The van der Waals surface area contributed by atoms with Crippen LogP contribution in [0, 0.1) is 0 Å². The van der Waals surface area contributed by atoms with Crippen LogP contribution in [-0.4, -0.2) is 18.7 Å². The standard InChI is InChI=1S/C11H13BrN2/c1-13(2)10-7-14(3)9-6-4-5-8(12)11(9)10/h4-7H,1-3H3. The quantitative estimate of drug-likeness (QED) is 0.758. The van der Waals surface area contributed by atoms with E-state index < -0.39 is 0 Å². The highest BCUT2D eigenvalue weighted by atomic mass is 79.9. The van der Waals surface area contributed by atoms with Gasteiger partial charge < -0.3 is 9.47 Å². The van der Waals surface area contributed by atoms with Crippen molar-refractivity contribution in [1.29, 1.82) is 0 Å². The van der Waals surface area contributed by atoms with Crippen LogP contribution in [0.25, 0.3) is 10.9 Å². The van der Waals surface area contributed by atoms with E-state index in [0.717, 1.165) is 4.47 Å². The lowest BCUT2D eigenvalue weighted by atomic mass is 10.2. The molecule has 0 N–H and O–H groups in total. The summed E-state index contributed by atoms with van der Waals surface area (Å²) in [6, 6.07) is 6.27. The Labute approximate surface area is 92.3 Å². The molecule has 0 saturated heterocycles. The fourth-order valence-electron chi connectivity index (χ4n) is 1.72. The smallest absolute Gasteiger partial charge is 0.0632 e. The van der Waals surface area contributed by atoms with Gasteiger partial charge in [0.15, 0.2) is 0 Å². The van der Waals surface area contributed by atoms with Gasteiger partial charge in [-0.3, -0.25) is 0 Å². The molecule has 0 amide bonds. The Hall–Kier alpha value is -0.960. The van der Waals surface area contributed by atoms with E-state index in [2.05, 4.69) is 70.9 Å². The molecule has 0 spiro atoms. The lowest BCUT2D eigenvalue weighted by molar-refractivity contribution is 0.962. The largest absolute Gasteiger partial charge is 0.376 e. The molecule has 0 fully saturated rings. The first-order chi connectivity index (χ1) is 6.61. The van der Waals surface area contributed by atoms with E-state index in [1.165, 1.54) is 16.6 Å². The van der Waals surface area contributed by atoms with Crippen molar-refractivity contribution in [3.05, 3.63) is 28.9 Å². The average Bonchev–Trinajstić information content (AvgIpc) is 2.46. The van der Waals surface area contributed by atoms with Gasteiger partial charge in [0, 0.05) is 37.2 Å². The zero-order chi connectivity index (χ0) is 10.3. The van der Waals surface area contributed by atoms with Crippen LogP contribution >= 0.6 is 15.9 Å². The van der Waals surface area contributed by atoms with E-state index >= 15 is 0 Å². The molecule has 1 aromatic carbocycles. The molecule has 2 rings (SSSR count). The predicted molar refractivity (Wildman–Crippen MR) is 64.9 cm³/mol. The Morgan fingerprint density at radius 3 is 2.64 bits per heavy atom. The van der Waals surface area contributed by atoms with Crippen molar-refractivity contribution in [2.45, 2.75) is 0 Å². The molecule has 0 radical (unpaired) electrons. The maximum Gasteiger partial charge on any atom is 0.0632 e. The molecule has 0 aliphatic rings. The lowest BCUT2D eigenvalue weighted by Gasteiger charge is -2.10. The second-order valence-electron chi connectivity index (χ2n) is 3.65. The van der Waals surface area contributed by atoms with Gasteiger partial charge in [0.1, 0.15) is 0 Å². The summed E-state index contributed by atoms with van der Waals surface area (Å²) in [6.07, 6.45) is 2.15. The second kappa shape index (κ2) is 3.31. The Bertz CT molecular complexity index is 471. The van der Waals surface area contributed by atoms with Crippen LogP contribution in [0.5, 0.6) is 0 Å². The molecular formula is C11H13BrN2. The predicted octanol–water partition coefficient (Wildman–Crippen LogP) is 3.01. The maximum absolute atomic E-state index is 3.59. The summed E-state index contributed by atoms with van der Waals surface area (Å²) < 4.78 is 3.30. The third-order valence-electron chi connectivity index (χ3n) is 2.43. The molecule has 0 saturated carbocycles. The maximum atomic E-state index is 3.59. The minimum atomic E-state index is 1.15. The molecule has 2 aromatic rings. The number of anilines is 1. The van der Waals surface area contributed by atoms with Gasteiger partial charge in [-0.2, -0.15) is 0 Å². The van der Waals surface area contributed by atoms with Crippen LogP contribution in [0.3, 0.4) is 0 Å². The van der Waals surface area contributed by atoms with E-state index in [-0.39, 0.29) is 0 Å². The minimum absolute atomic E-state index is 1.15. The van der Waals surface area contributed by atoms with Gasteiger partial charge in [0.2, 0.25) is 0 Å². The number of fused-ring (bicyclic) bond motifs is 1. The van der Waals surface area contributed by atoms with E-state index in [0.29, 0.717) is 0 Å². The molecule has 0 aliphatic carbocycles. The number of aromatic nitrogens is 1. The minimum Gasteiger partial charge on any atom is -0.376 e. The molecular weight excluding hydrogens is 240 g/mol. The first-order valence-corrected chi connectivity index (χ1v) is 5.31. The normalized spacial score (nSPS) is 10.9. The molecule has 14 heavy (non-hydrogen) atoms. The van der Waals surface area contributed by atoms with Crippen molar-refractivity contribution in [3.63, 3.8) is 0 Å². The van der Waals surface area contributed by atoms with Gasteiger partial charge in [-0.25, -0.2) is 0 Å². The van der Waals surface area contributed by atoms with Crippen LogP contribution in [0.4, 0.5) is 5.69 Å². The fraction of sp³-hybridized carbons (Fsp3) is 0.273. The molecule has 74 valence electrons. The van der Waals surface area contributed by atoms with Crippen LogP contribution in [0.2, 0.25) is 0 Å². The van der Waals surface area contributed by atoms with Crippen LogP contribution in [0.15, 0.2) is 28.9 Å². The number of benzene rings is 1. The zero-order valence-electron chi connectivity index (χ0n) is 8.58. The van der Waals surface area contributed by atoms with Crippen molar-refractivity contribution in [2.24, 2.45) is 7.05 Å². The number of hydrogen-bond acceptors (Lipinski definition) is 1. The van der Waals surface area contributed by atoms with Crippen molar-refractivity contribution < 1.29 is 0 Å². The number of hydrogen-bond donors (Lipinski definition) is 0. The Morgan fingerprint density at radius 1 is 1.29 bits per heavy atom. The van der Waals surface area contributed by atoms with E-state index in [1.807, 2.05) is 0 Å². The third-order valence-corrected chi connectivity index (χ3v) is 3.09. The first kappa shape index (κ1) is 9.59. The average molecular weight is 253 g/mol. The third kappa shape index (κ3) is 1.32. The van der Waals surface area contributed by atoms with Crippen molar-refractivity contribution >= 4 is 32.5 Å². The van der Waals surface area contributed by atoms with Crippen LogP contribution in [0.1, 0.15) is 0 Å². The van der Waals surface area contributed by atoms with Gasteiger partial charge in [-0.05, 0) is 12.1 Å². The van der Waals surface area contributed by atoms with Crippen molar-refractivity contribution in [1.82, 2.24) is 4.57 Å². The second-order valence-corrected chi connectivity index (χ2v) is 4.51. The highest BCUT2D eigenvalue weighted by Crippen LogP contribution is 2.33. The summed E-state index contributed by atoms with van der Waals surface area (Å²) in [7, 11) is 6.20. The summed E-state index contributed by atoms with van der Waals surface area (Å²) >= 11 is 3.59. The van der Waals surface area contributed by atoms with Crippen molar-refractivity contribution in [3.8, 4) is 0 Å². The molecule has 0 unspecified atom stereocenters. The summed E-state index contributed by atoms with van der Waals surface area (Å²) in [5.74, 6) is 0. The number of nitrogens with zero attached hydrogens (tertiary/aromatic N) is 2. The van der Waals surface area contributed by atoms with Gasteiger partial charge >= 0.3 is 0 Å². The van der Waals surface area contributed by atoms with Gasteiger partial charge in [0.05, 0.1) is 11.2 Å². The summed E-state index contributed by atoms with van der Waals surface area (Å²) in [5.41, 5.74) is 2.50. The molecule has 3 heteroatoms. The topological polar surface area (TPSA) is 8.17 Å². The highest BCUT2D eigenvalue weighted by Gasteiger charge is 2.10. The number of aryl methyl sites for hydroxylation is 1. The van der Waals surface area contributed by atoms with E-state index in [1.54, 1.807) is 0 Å². The Balaban J connectivity index is 2.86. The monoisotopic (exact) mass is 252 g/mol. The van der Waals surface area contributed by atoms with Gasteiger partial charge in [-0.1, -0.05) is 22.0 Å². The Morgan fingerprint density at radius 2 is 2.00 bits per heavy atom. The first-order valence-electron chi connectivity index (χ1n) is 4.52. The van der Waals surface area contributed by atoms with E-state index in [4.69, 9.17) is 0 Å². The Kier molecular flexibility index (Phi) is 2.27. The summed E-state index contributed by atoms with van der Waals surface area (Å²) in [4.78, 5) is 2.13. The number of halogens is 1. The lowest BCUT2D eigenvalue weighted by Crippen LogP contribution is -2.07. The molecule has 0 aliphatic heterocycles. The molecule has 1 heterocycles. The molecule has 2 nitrogen and oxygen atoms in total. The van der Waals surface area contributed by atoms with Crippen LogP contribution in [-0.2, 0) is 7.05 Å². The highest BCUT2D eigenvalue weighted by molar-refractivity contribution is 9.10. The number of rotatable bonds is 1. The molecule has 0 bridgehead atoms. The zero-order valence-corrected chi connectivity index (χ0v) is 10.2. The SMILES string of the molecule is CN(C)c1cn(C)c2cccc(Br)c12. The fourth-order valence-corrected chi connectivity index (χ4v) is 2.28. The van der Waals surface area contributed by atoms with Gasteiger partial charge in [0.25, 0.3) is 0 Å². The van der Waals surface area contributed by atoms with Crippen LogP contribution < -0.4 is 4.90 Å².